The SMILES string of the molecule is CCN=C1C=C(C(C#N)C(=O)OCCCO)CC(C)(C)C1. The van der Waals surface area contributed by atoms with E-state index >= 15 is 0 Å². The molecule has 1 rings (SSSR count). The summed E-state index contributed by atoms with van der Waals surface area (Å²) in [5, 5.41) is 18.0. The summed E-state index contributed by atoms with van der Waals surface area (Å²) in [4.78, 5) is 16.4. The quantitative estimate of drug-likeness (QED) is 0.601. The third-order valence-corrected chi connectivity index (χ3v) is 3.34. The number of aliphatic hydroxyl groups excluding tert-OH is 1. The molecule has 1 aliphatic rings. The lowest BCUT2D eigenvalue weighted by Crippen LogP contribution is -2.28. The maximum Gasteiger partial charge on any atom is 0.327 e. The number of hydrogen-bond acceptors (Lipinski definition) is 5. The van der Waals surface area contributed by atoms with Crippen LogP contribution in [-0.4, -0.2) is 36.5 Å². The van der Waals surface area contributed by atoms with E-state index in [0.29, 0.717) is 19.4 Å². The van der Waals surface area contributed by atoms with Crippen LogP contribution < -0.4 is 0 Å². The highest BCUT2D eigenvalue weighted by atomic mass is 16.5. The van der Waals surface area contributed by atoms with Gasteiger partial charge in [0.1, 0.15) is 0 Å². The monoisotopic (exact) mass is 292 g/mol. The average Bonchev–Trinajstić information content (AvgIpc) is 2.38. The molecule has 0 fully saturated rings. The largest absolute Gasteiger partial charge is 0.464 e. The fourth-order valence-electron chi connectivity index (χ4n) is 2.52. The maximum atomic E-state index is 12.0. The first kappa shape index (κ1) is 17.4. The molecule has 0 radical (unpaired) electrons. The summed E-state index contributed by atoms with van der Waals surface area (Å²) in [6, 6.07) is 2.04. The highest BCUT2D eigenvalue weighted by Crippen LogP contribution is 2.37. The van der Waals surface area contributed by atoms with Gasteiger partial charge in [0.2, 0.25) is 0 Å². The molecule has 1 aliphatic carbocycles. The molecule has 0 aromatic rings. The summed E-state index contributed by atoms with van der Waals surface area (Å²) in [6.07, 6.45) is 3.79. The lowest BCUT2D eigenvalue weighted by molar-refractivity contribution is -0.145. The summed E-state index contributed by atoms with van der Waals surface area (Å²) in [5.74, 6) is -1.42. The van der Waals surface area contributed by atoms with Crippen LogP contribution >= 0.6 is 0 Å². The summed E-state index contributed by atoms with van der Waals surface area (Å²) < 4.78 is 5.05. The van der Waals surface area contributed by atoms with Crippen molar-refractivity contribution in [2.75, 3.05) is 19.8 Å². The van der Waals surface area contributed by atoms with Crippen LogP contribution in [-0.2, 0) is 9.53 Å². The molecule has 0 saturated heterocycles. The van der Waals surface area contributed by atoms with Crippen LogP contribution in [0.3, 0.4) is 0 Å². The summed E-state index contributed by atoms with van der Waals surface area (Å²) in [6.45, 7) is 6.97. The summed E-state index contributed by atoms with van der Waals surface area (Å²) in [5.41, 5.74) is 1.69. The number of ether oxygens (including phenoxy) is 1. The van der Waals surface area contributed by atoms with Gasteiger partial charge >= 0.3 is 5.97 Å². The van der Waals surface area contributed by atoms with E-state index in [1.807, 2.05) is 19.1 Å². The molecule has 0 saturated carbocycles. The zero-order valence-corrected chi connectivity index (χ0v) is 13.1. The molecule has 21 heavy (non-hydrogen) atoms. The van der Waals surface area contributed by atoms with Gasteiger partial charge < -0.3 is 9.84 Å². The second kappa shape index (κ2) is 7.94. The molecular weight excluding hydrogens is 268 g/mol. The second-order valence-corrected chi connectivity index (χ2v) is 6.01. The first-order chi connectivity index (χ1) is 9.93. The molecule has 0 amide bonds. The molecule has 5 heteroatoms. The summed E-state index contributed by atoms with van der Waals surface area (Å²) in [7, 11) is 0. The fourth-order valence-corrected chi connectivity index (χ4v) is 2.52. The van der Waals surface area contributed by atoms with Crippen molar-refractivity contribution >= 4 is 11.7 Å². The molecule has 0 aliphatic heterocycles. The summed E-state index contributed by atoms with van der Waals surface area (Å²) >= 11 is 0. The number of carbonyl (C=O) groups excluding carboxylic acids is 1. The number of carbonyl (C=O) groups is 1. The first-order valence-corrected chi connectivity index (χ1v) is 7.34. The first-order valence-electron chi connectivity index (χ1n) is 7.34. The molecular formula is C16H24N2O3. The Bertz CT molecular complexity index is 472. The minimum atomic E-state index is -0.884. The minimum absolute atomic E-state index is 0.0153. The smallest absolute Gasteiger partial charge is 0.327 e. The maximum absolute atomic E-state index is 12.0. The molecule has 0 aromatic carbocycles. The number of hydrogen-bond donors (Lipinski definition) is 1. The number of rotatable bonds is 6. The average molecular weight is 292 g/mol. The Balaban J connectivity index is 2.90. The lowest BCUT2D eigenvalue weighted by Gasteiger charge is -2.31. The van der Waals surface area contributed by atoms with E-state index in [1.165, 1.54) is 0 Å². The number of nitriles is 1. The molecule has 0 aromatic heterocycles. The van der Waals surface area contributed by atoms with E-state index in [4.69, 9.17) is 9.84 Å². The normalized spacial score (nSPS) is 20.5. The Kier molecular flexibility index (Phi) is 6.57. The fraction of sp³-hybridized carbons (Fsp3) is 0.688. The number of nitrogens with zero attached hydrogens (tertiary/aromatic N) is 2. The Hall–Kier alpha value is -1.67. The third-order valence-electron chi connectivity index (χ3n) is 3.34. The Morgan fingerprint density at radius 2 is 2.29 bits per heavy atom. The van der Waals surface area contributed by atoms with Gasteiger partial charge in [-0.15, -0.1) is 0 Å². The number of aliphatic hydroxyl groups is 1. The number of esters is 1. The van der Waals surface area contributed by atoms with Crippen LogP contribution in [0.15, 0.2) is 16.6 Å². The minimum Gasteiger partial charge on any atom is -0.464 e. The number of aliphatic imine (C=N–C) groups is 1. The van der Waals surface area contributed by atoms with E-state index in [0.717, 1.165) is 17.7 Å². The van der Waals surface area contributed by atoms with Gasteiger partial charge in [-0.2, -0.15) is 5.26 Å². The van der Waals surface area contributed by atoms with Crippen molar-refractivity contribution in [3.05, 3.63) is 11.6 Å². The Morgan fingerprint density at radius 1 is 1.57 bits per heavy atom. The Morgan fingerprint density at radius 3 is 2.86 bits per heavy atom. The molecule has 0 spiro atoms. The topological polar surface area (TPSA) is 82.7 Å². The molecule has 5 nitrogen and oxygen atoms in total. The van der Waals surface area contributed by atoms with Crippen molar-refractivity contribution in [3.63, 3.8) is 0 Å². The van der Waals surface area contributed by atoms with Gasteiger partial charge in [-0.1, -0.05) is 13.8 Å². The Labute approximate surface area is 126 Å². The number of allylic oxidation sites excluding steroid dienone is 1. The van der Waals surface area contributed by atoms with Gasteiger partial charge in [-0.25, -0.2) is 0 Å². The van der Waals surface area contributed by atoms with Crippen LogP contribution in [0, 0.1) is 22.7 Å². The molecule has 0 bridgehead atoms. The van der Waals surface area contributed by atoms with Gasteiger partial charge in [0.05, 0.1) is 12.7 Å². The zero-order chi connectivity index (χ0) is 15.9. The van der Waals surface area contributed by atoms with Crippen molar-refractivity contribution < 1.29 is 14.6 Å². The predicted octanol–water partition coefficient (Wildman–Crippen LogP) is 2.26. The van der Waals surface area contributed by atoms with Crippen molar-refractivity contribution in [3.8, 4) is 6.07 Å². The lowest BCUT2D eigenvalue weighted by atomic mass is 9.73. The van der Waals surface area contributed by atoms with Crippen LogP contribution in [0.2, 0.25) is 0 Å². The van der Waals surface area contributed by atoms with Gasteiger partial charge in [0.25, 0.3) is 0 Å². The van der Waals surface area contributed by atoms with E-state index in [-0.39, 0.29) is 18.6 Å². The van der Waals surface area contributed by atoms with E-state index < -0.39 is 11.9 Å². The van der Waals surface area contributed by atoms with Crippen molar-refractivity contribution in [1.29, 1.82) is 5.26 Å². The van der Waals surface area contributed by atoms with Gasteiger partial charge in [0, 0.05) is 25.3 Å². The zero-order valence-electron chi connectivity index (χ0n) is 13.1. The molecule has 116 valence electrons. The highest BCUT2D eigenvalue weighted by molar-refractivity contribution is 5.98. The van der Waals surface area contributed by atoms with Gasteiger partial charge in [-0.05, 0) is 36.8 Å². The van der Waals surface area contributed by atoms with Gasteiger partial charge in [0.15, 0.2) is 5.92 Å². The third kappa shape index (κ3) is 5.31. The van der Waals surface area contributed by atoms with Crippen molar-refractivity contribution in [1.82, 2.24) is 0 Å². The standard InChI is InChI=1S/C16H24N2O3/c1-4-18-13-8-12(9-16(2,3)10-13)14(11-17)15(20)21-7-5-6-19/h8,14,19H,4-7,9-10H2,1-3H3. The predicted molar refractivity (Wildman–Crippen MR) is 80.8 cm³/mol. The molecule has 0 heterocycles. The van der Waals surface area contributed by atoms with Gasteiger partial charge in [-0.3, -0.25) is 9.79 Å². The van der Waals surface area contributed by atoms with Crippen LogP contribution in [0.25, 0.3) is 0 Å². The molecule has 1 unspecified atom stereocenters. The highest BCUT2D eigenvalue weighted by Gasteiger charge is 2.33. The van der Waals surface area contributed by atoms with Crippen LogP contribution in [0.1, 0.15) is 40.0 Å². The van der Waals surface area contributed by atoms with E-state index in [2.05, 4.69) is 18.8 Å². The molecule has 1 atom stereocenters. The van der Waals surface area contributed by atoms with Crippen molar-refractivity contribution in [2.24, 2.45) is 16.3 Å². The molecule has 1 N–H and O–H groups in total. The van der Waals surface area contributed by atoms with E-state index in [9.17, 15) is 10.1 Å². The van der Waals surface area contributed by atoms with Crippen LogP contribution in [0.5, 0.6) is 0 Å². The van der Waals surface area contributed by atoms with Crippen molar-refractivity contribution in [2.45, 2.75) is 40.0 Å². The van der Waals surface area contributed by atoms with E-state index in [1.54, 1.807) is 0 Å². The second-order valence-electron chi connectivity index (χ2n) is 6.01. The van der Waals surface area contributed by atoms with Crippen LogP contribution in [0.4, 0.5) is 0 Å².